The summed E-state index contributed by atoms with van der Waals surface area (Å²) in [5, 5.41) is 3.40. The van der Waals surface area contributed by atoms with Gasteiger partial charge in [0.15, 0.2) is 0 Å². The fraction of sp³-hybridized carbons (Fsp3) is 0.923. The Morgan fingerprint density at radius 3 is 2.50 bits per heavy atom. The van der Waals surface area contributed by atoms with Crippen molar-refractivity contribution in [1.82, 2.24) is 5.32 Å². The smallest absolute Gasteiger partial charge is 0.218 e. The van der Waals surface area contributed by atoms with E-state index in [0.29, 0.717) is 11.8 Å². The van der Waals surface area contributed by atoms with E-state index in [-0.39, 0.29) is 5.91 Å². The maximum absolute atomic E-state index is 10.6. The SMILES string of the molecule is CC(C)CC1(CNCCC(N)=O)CCCC1. The molecule has 1 aliphatic rings. The van der Waals surface area contributed by atoms with Crippen LogP contribution >= 0.6 is 0 Å². The van der Waals surface area contributed by atoms with E-state index in [1.807, 2.05) is 0 Å². The van der Waals surface area contributed by atoms with Crippen molar-refractivity contribution in [3.63, 3.8) is 0 Å². The van der Waals surface area contributed by atoms with Crippen LogP contribution in [0.15, 0.2) is 0 Å². The van der Waals surface area contributed by atoms with Crippen molar-refractivity contribution in [2.45, 2.75) is 52.4 Å². The molecule has 1 fully saturated rings. The average Bonchev–Trinajstić information content (AvgIpc) is 2.60. The van der Waals surface area contributed by atoms with Gasteiger partial charge in [0.05, 0.1) is 0 Å². The van der Waals surface area contributed by atoms with E-state index < -0.39 is 0 Å². The van der Waals surface area contributed by atoms with Gasteiger partial charge >= 0.3 is 0 Å². The van der Waals surface area contributed by atoms with Gasteiger partial charge in [-0.3, -0.25) is 4.79 Å². The molecule has 3 nitrogen and oxygen atoms in total. The zero-order chi connectivity index (χ0) is 12.0. The van der Waals surface area contributed by atoms with Gasteiger partial charge in [-0.25, -0.2) is 0 Å². The number of nitrogens with one attached hydrogen (secondary N) is 1. The minimum absolute atomic E-state index is 0.211. The Kier molecular flexibility index (Phi) is 5.26. The normalized spacial score (nSPS) is 19.2. The highest BCUT2D eigenvalue weighted by Gasteiger charge is 2.33. The topological polar surface area (TPSA) is 55.1 Å². The molecule has 0 unspecified atom stereocenters. The van der Waals surface area contributed by atoms with Gasteiger partial charge in [0, 0.05) is 19.5 Å². The zero-order valence-corrected chi connectivity index (χ0v) is 10.7. The molecule has 3 heteroatoms. The lowest BCUT2D eigenvalue weighted by Gasteiger charge is -2.31. The van der Waals surface area contributed by atoms with Crippen LogP contribution < -0.4 is 11.1 Å². The Morgan fingerprint density at radius 2 is 2.00 bits per heavy atom. The second-order valence-corrected chi connectivity index (χ2v) is 5.70. The van der Waals surface area contributed by atoms with Crippen LogP contribution in [-0.2, 0) is 4.79 Å². The first kappa shape index (κ1) is 13.5. The Bertz CT molecular complexity index is 220. The van der Waals surface area contributed by atoms with Crippen LogP contribution in [-0.4, -0.2) is 19.0 Å². The number of nitrogens with two attached hydrogens (primary N) is 1. The molecule has 0 spiro atoms. The third kappa shape index (κ3) is 4.52. The van der Waals surface area contributed by atoms with Crippen molar-refractivity contribution < 1.29 is 4.79 Å². The predicted octanol–water partition coefficient (Wildman–Crippen LogP) is 2.06. The summed E-state index contributed by atoms with van der Waals surface area (Å²) in [5.74, 6) is 0.549. The Balaban J connectivity index is 2.30. The van der Waals surface area contributed by atoms with Crippen molar-refractivity contribution in [3.05, 3.63) is 0 Å². The lowest BCUT2D eigenvalue weighted by molar-refractivity contribution is -0.117. The molecule has 0 aromatic heterocycles. The highest BCUT2D eigenvalue weighted by molar-refractivity contribution is 5.73. The largest absolute Gasteiger partial charge is 0.370 e. The first-order valence-corrected chi connectivity index (χ1v) is 6.53. The van der Waals surface area contributed by atoms with E-state index in [1.54, 1.807) is 0 Å². The van der Waals surface area contributed by atoms with Gasteiger partial charge < -0.3 is 11.1 Å². The molecule has 1 rings (SSSR count). The zero-order valence-electron chi connectivity index (χ0n) is 10.7. The Morgan fingerprint density at radius 1 is 1.38 bits per heavy atom. The summed E-state index contributed by atoms with van der Waals surface area (Å²) in [4.78, 5) is 10.6. The van der Waals surface area contributed by atoms with Crippen LogP contribution in [0.25, 0.3) is 0 Å². The third-order valence-electron chi connectivity index (χ3n) is 3.55. The number of carbonyl (C=O) groups excluding carboxylic acids is 1. The standard InChI is InChI=1S/C13H26N2O/c1-11(2)9-13(6-3-4-7-13)10-15-8-5-12(14)16/h11,15H,3-10H2,1-2H3,(H2,14,16). The molecule has 0 heterocycles. The van der Waals surface area contributed by atoms with E-state index in [0.717, 1.165) is 19.0 Å². The Hall–Kier alpha value is -0.570. The number of carbonyl (C=O) groups is 1. The van der Waals surface area contributed by atoms with Crippen LogP contribution in [0.4, 0.5) is 0 Å². The lowest BCUT2D eigenvalue weighted by atomic mass is 9.78. The van der Waals surface area contributed by atoms with Crippen LogP contribution in [0.2, 0.25) is 0 Å². The molecule has 0 bridgehead atoms. The van der Waals surface area contributed by atoms with Crippen molar-refractivity contribution in [3.8, 4) is 0 Å². The molecule has 0 aromatic carbocycles. The summed E-state index contributed by atoms with van der Waals surface area (Å²) in [7, 11) is 0. The highest BCUT2D eigenvalue weighted by atomic mass is 16.1. The molecule has 0 atom stereocenters. The number of rotatable bonds is 7. The van der Waals surface area contributed by atoms with E-state index in [9.17, 15) is 4.79 Å². The number of hydrogen-bond donors (Lipinski definition) is 2. The quantitative estimate of drug-likeness (QED) is 0.653. The van der Waals surface area contributed by atoms with Crippen molar-refractivity contribution in [2.75, 3.05) is 13.1 Å². The summed E-state index contributed by atoms with van der Waals surface area (Å²) < 4.78 is 0. The molecule has 16 heavy (non-hydrogen) atoms. The maximum Gasteiger partial charge on any atom is 0.218 e. The monoisotopic (exact) mass is 226 g/mol. The third-order valence-corrected chi connectivity index (χ3v) is 3.55. The van der Waals surface area contributed by atoms with Gasteiger partial charge in [0.1, 0.15) is 0 Å². The second-order valence-electron chi connectivity index (χ2n) is 5.70. The van der Waals surface area contributed by atoms with Crippen LogP contribution in [0.1, 0.15) is 52.4 Å². The molecular formula is C13H26N2O. The fourth-order valence-electron chi connectivity index (χ4n) is 3.01. The van der Waals surface area contributed by atoms with Crippen molar-refractivity contribution >= 4 is 5.91 Å². The van der Waals surface area contributed by atoms with Gasteiger partial charge in [0.25, 0.3) is 0 Å². The molecule has 3 N–H and O–H groups in total. The van der Waals surface area contributed by atoms with E-state index >= 15 is 0 Å². The first-order valence-electron chi connectivity index (χ1n) is 6.53. The molecule has 0 radical (unpaired) electrons. The van der Waals surface area contributed by atoms with Crippen molar-refractivity contribution in [1.29, 1.82) is 0 Å². The van der Waals surface area contributed by atoms with Gasteiger partial charge in [-0.2, -0.15) is 0 Å². The summed E-state index contributed by atoms with van der Waals surface area (Å²) in [6.45, 7) is 6.38. The minimum Gasteiger partial charge on any atom is -0.370 e. The molecule has 1 saturated carbocycles. The van der Waals surface area contributed by atoms with Gasteiger partial charge in [-0.05, 0) is 30.6 Å². The molecular weight excluding hydrogens is 200 g/mol. The summed E-state index contributed by atoms with van der Waals surface area (Å²) in [6.07, 6.45) is 7.17. The van der Waals surface area contributed by atoms with E-state index in [2.05, 4.69) is 19.2 Å². The second kappa shape index (κ2) is 6.24. The molecule has 0 aromatic rings. The van der Waals surface area contributed by atoms with Crippen LogP contribution in [0, 0.1) is 11.3 Å². The molecule has 0 saturated heterocycles. The van der Waals surface area contributed by atoms with E-state index in [1.165, 1.54) is 32.1 Å². The summed E-state index contributed by atoms with van der Waals surface area (Å²) in [6, 6.07) is 0. The Labute approximate surface area is 99.2 Å². The predicted molar refractivity (Wildman–Crippen MR) is 67.0 cm³/mol. The first-order chi connectivity index (χ1) is 7.54. The molecule has 1 aliphatic carbocycles. The fourth-order valence-corrected chi connectivity index (χ4v) is 3.01. The lowest BCUT2D eigenvalue weighted by Crippen LogP contribution is -2.35. The summed E-state index contributed by atoms with van der Waals surface area (Å²) >= 11 is 0. The summed E-state index contributed by atoms with van der Waals surface area (Å²) in [5.41, 5.74) is 5.61. The van der Waals surface area contributed by atoms with Crippen molar-refractivity contribution in [2.24, 2.45) is 17.1 Å². The van der Waals surface area contributed by atoms with Crippen LogP contribution in [0.3, 0.4) is 0 Å². The van der Waals surface area contributed by atoms with E-state index in [4.69, 9.17) is 5.73 Å². The average molecular weight is 226 g/mol. The minimum atomic E-state index is -0.211. The highest BCUT2D eigenvalue weighted by Crippen LogP contribution is 2.42. The maximum atomic E-state index is 10.6. The number of hydrogen-bond acceptors (Lipinski definition) is 2. The molecule has 1 amide bonds. The van der Waals surface area contributed by atoms with Gasteiger partial charge in [-0.1, -0.05) is 26.7 Å². The van der Waals surface area contributed by atoms with Gasteiger partial charge in [-0.15, -0.1) is 0 Å². The number of primary amides is 1. The van der Waals surface area contributed by atoms with Gasteiger partial charge in [0.2, 0.25) is 5.91 Å². The molecule has 94 valence electrons. The number of amides is 1. The molecule has 0 aliphatic heterocycles. The van der Waals surface area contributed by atoms with Crippen LogP contribution in [0.5, 0.6) is 0 Å².